The van der Waals surface area contributed by atoms with Crippen molar-refractivity contribution in [2.45, 2.75) is 6.10 Å². The van der Waals surface area contributed by atoms with Crippen LogP contribution in [-0.2, 0) is 9.53 Å². The van der Waals surface area contributed by atoms with E-state index in [1.165, 1.54) is 12.0 Å². The van der Waals surface area contributed by atoms with Crippen LogP contribution in [0.5, 0.6) is 5.75 Å². The summed E-state index contributed by atoms with van der Waals surface area (Å²) in [6, 6.07) is 16.7. The predicted molar refractivity (Wildman–Crippen MR) is 115 cm³/mol. The van der Waals surface area contributed by atoms with Crippen molar-refractivity contribution in [1.29, 1.82) is 0 Å². The summed E-state index contributed by atoms with van der Waals surface area (Å²) in [5.74, 6) is 0.0421. The molecule has 0 spiro atoms. The minimum Gasteiger partial charge on any atom is -0.507 e. The highest BCUT2D eigenvalue weighted by Gasteiger charge is 2.22. The molecule has 0 aliphatic heterocycles. The van der Waals surface area contributed by atoms with E-state index < -0.39 is 6.10 Å². The molecule has 0 aliphatic carbocycles. The van der Waals surface area contributed by atoms with Crippen LogP contribution in [0, 0.1) is 0 Å². The van der Waals surface area contributed by atoms with Crippen molar-refractivity contribution in [2.24, 2.45) is 0 Å². The van der Waals surface area contributed by atoms with Gasteiger partial charge in [-0.15, -0.1) is 0 Å². The third kappa shape index (κ3) is 3.51. The van der Waals surface area contributed by atoms with Gasteiger partial charge in [-0.1, -0.05) is 30.3 Å². The largest absolute Gasteiger partial charge is 0.507 e. The number of ether oxygens (including phenoxy) is 1. The third-order valence-corrected chi connectivity index (χ3v) is 5.01. The molecule has 0 fully saturated rings. The average molecular weight is 402 g/mol. The smallest absolute Gasteiger partial charge is 0.255 e. The first kappa shape index (κ1) is 19.6. The Balaban J connectivity index is 1.78. The van der Waals surface area contributed by atoms with Crippen LogP contribution >= 0.6 is 0 Å². The van der Waals surface area contributed by atoms with Gasteiger partial charge in [-0.2, -0.15) is 5.10 Å². The molecule has 0 saturated carbocycles. The number of methoxy groups -OCH3 is 1. The summed E-state index contributed by atoms with van der Waals surface area (Å²) in [7, 11) is 4.93. The average Bonchev–Trinajstić information content (AvgIpc) is 3.18. The monoisotopic (exact) mass is 402 g/mol. The number of carbonyl (C=O) groups is 1. The summed E-state index contributed by atoms with van der Waals surface area (Å²) in [5.41, 5.74) is 4.46. The Labute approximate surface area is 173 Å². The number of H-pyrrole nitrogens is 1. The van der Waals surface area contributed by atoms with Crippen molar-refractivity contribution in [3.63, 3.8) is 0 Å². The Kier molecular flexibility index (Phi) is 5.20. The lowest BCUT2D eigenvalue weighted by Crippen LogP contribution is -2.29. The zero-order chi connectivity index (χ0) is 21.3. The Morgan fingerprint density at radius 1 is 1.10 bits per heavy atom. The summed E-state index contributed by atoms with van der Waals surface area (Å²) in [4.78, 5) is 18.4. The van der Waals surface area contributed by atoms with Crippen molar-refractivity contribution in [3.8, 4) is 28.1 Å². The topological polar surface area (TPSA) is 91.3 Å². The predicted octanol–water partition coefficient (Wildman–Crippen LogP) is 3.77. The Morgan fingerprint density at radius 2 is 1.90 bits per heavy atom. The first-order chi connectivity index (χ1) is 14.5. The first-order valence-electron chi connectivity index (χ1n) is 9.46. The molecular weight excluding hydrogens is 380 g/mol. The summed E-state index contributed by atoms with van der Waals surface area (Å²) in [5, 5.41) is 18.3. The molecule has 30 heavy (non-hydrogen) atoms. The quantitative estimate of drug-likeness (QED) is 0.530. The first-order valence-corrected chi connectivity index (χ1v) is 9.46. The van der Waals surface area contributed by atoms with Gasteiger partial charge < -0.3 is 14.7 Å². The summed E-state index contributed by atoms with van der Waals surface area (Å²) in [6.07, 6.45) is 1.06. The van der Waals surface area contributed by atoms with Gasteiger partial charge >= 0.3 is 0 Å². The lowest BCUT2D eigenvalue weighted by Gasteiger charge is -2.20. The number of aromatic hydroxyl groups is 1. The molecule has 0 saturated heterocycles. The molecule has 7 nitrogen and oxygen atoms in total. The number of para-hydroxylation sites is 1. The number of nitrogens with zero attached hydrogens (tertiary/aromatic N) is 3. The van der Waals surface area contributed by atoms with Gasteiger partial charge in [0.1, 0.15) is 5.75 Å². The molecule has 1 unspecified atom stereocenters. The molecule has 0 aliphatic rings. The van der Waals surface area contributed by atoms with Gasteiger partial charge in [-0.05, 0) is 35.4 Å². The SMILES string of the molecule is COC(C(=O)N(C)C)c1cccc(-c2cnc3n[nH]c(-c4ccccc4O)c3c2)c1. The molecule has 2 heterocycles. The molecule has 1 amide bonds. The van der Waals surface area contributed by atoms with E-state index in [1.807, 2.05) is 42.5 Å². The number of phenolic OH excluding ortho intramolecular Hbond substituents is 1. The maximum absolute atomic E-state index is 12.4. The number of carbonyl (C=O) groups excluding carboxylic acids is 1. The van der Waals surface area contributed by atoms with Gasteiger partial charge in [0.2, 0.25) is 0 Å². The van der Waals surface area contributed by atoms with E-state index in [2.05, 4.69) is 15.2 Å². The molecule has 2 aromatic carbocycles. The van der Waals surface area contributed by atoms with Crippen LogP contribution < -0.4 is 0 Å². The Hall–Kier alpha value is -3.71. The number of aromatic nitrogens is 3. The molecule has 0 radical (unpaired) electrons. The van der Waals surface area contributed by atoms with Crippen LogP contribution in [0.25, 0.3) is 33.4 Å². The van der Waals surface area contributed by atoms with E-state index >= 15 is 0 Å². The fourth-order valence-corrected chi connectivity index (χ4v) is 3.44. The van der Waals surface area contributed by atoms with Crippen LogP contribution in [0.4, 0.5) is 0 Å². The number of hydrogen-bond donors (Lipinski definition) is 2. The second-order valence-corrected chi connectivity index (χ2v) is 7.18. The third-order valence-electron chi connectivity index (χ3n) is 5.01. The van der Waals surface area contributed by atoms with Crippen molar-refractivity contribution < 1.29 is 14.6 Å². The summed E-state index contributed by atoms with van der Waals surface area (Å²) >= 11 is 0. The normalized spacial score (nSPS) is 12.1. The van der Waals surface area contributed by atoms with E-state index in [0.29, 0.717) is 16.9 Å². The van der Waals surface area contributed by atoms with Gasteiger partial charge in [0, 0.05) is 43.9 Å². The zero-order valence-corrected chi connectivity index (χ0v) is 17.0. The minimum absolute atomic E-state index is 0.125. The molecule has 2 aromatic heterocycles. The van der Waals surface area contributed by atoms with E-state index in [0.717, 1.165) is 22.1 Å². The zero-order valence-electron chi connectivity index (χ0n) is 17.0. The van der Waals surface area contributed by atoms with Crippen LogP contribution in [0.1, 0.15) is 11.7 Å². The number of pyridine rings is 1. The number of phenols is 1. The summed E-state index contributed by atoms with van der Waals surface area (Å²) < 4.78 is 5.45. The number of amides is 1. The summed E-state index contributed by atoms with van der Waals surface area (Å²) in [6.45, 7) is 0. The number of aromatic amines is 1. The maximum Gasteiger partial charge on any atom is 0.255 e. The highest BCUT2D eigenvalue weighted by Crippen LogP contribution is 2.34. The van der Waals surface area contributed by atoms with E-state index in [-0.39, 0.29) is 11.7 Å². The van der Waals surface area contributed by atoms with Crippen molar-refractivity contribution in [2.75, 3.05) is 21.2 Å². The van der Waals surface area contributed by atoms with Gasteiger partial charge in [0.15, 0.2) is 11.8 Å². The van der Waals surface area contributed by atoms with E-state index in [1.54, 1.807) is 32.4 Å². The minimum atomic E-state index is -0.678. The van der Waals surface area contributed by atoms with E-state index in [9.17, 15) is 9.90 Å². The number of benzene rings is 2. The number of nitrogens with one attached hydrogen (secondary N) is 1. The van der Waals surface area contributed by atoms with Crippen LogP contribution in [0.2, 0.25) is 0 Å². The maximum atomic E-state index is 12.4. The Morgan fingerprint density at radius 3 is 2.63 bits per heavy atom. The van der Waals surface area contributed by atoms with E-state index in [4.69, 9.17) is 4.74 Å². The molecule has 2 N–H and O–H groups in total. The number of fused-ring (bicyclic) bond motifs is 1. The Bertz CT molecular complexity index is 1220. The standard InChI is InChI=1S/C23H22N4O3/c1-27(2)23(29)21(30-3)15-8-6-7-14(11-15)16-12-18-20(25-26-22(18)24-13-16)17-9-4-5-10-19(17)28/h4-13,21,28H,1-3H3,(H,24,25,26). The van der Waals surface area contributed by atoms with Gasteiger partial charge in [0.05, 0.1) is 5.69 Å². The van der Waals surface area contributed by atoms with Crippen LogP contribution in [0.3, 0.4) is 0 Å². The molecular formula is C23H22N4O3. The lowest BCUT2D eigenvalue weighted by atomic mass is 9.99. The van der Waals surface area contributed by atoms with Crippen molar-refractivity contribution in [3.05, 3.63) is 66.4 Å². The van der Waals surface area contributed by atoms with Gasteiger partial charge in [-0.25, -0.2) is 4.98 Å². The molecule has 7 heteroatoms. The second-order valence-electron chi connectivity index (χ2n) is 7.18. The number of hydrogen-bond acceptors (Lipinski definition) is 5. The second kappa shape index (κ2) is 7.96. The van der Waals surface area contributed by atoms with Crippen molar-refractivity contribution in [1.82, 2.24) is 20.1 Å². The molecule has 4 rings (SSSR count). The molecule has 152 valence electrons. The number of likely N-dealkylation sites (N-methyl/N-ethyl adjacent to an activating group) is 1. The molecule has 0 bridgehead atoms. The van der Waals surface area contributed by atoms with Crippen LogP contribution in [0.15, 0.2) is 60.8 Å². The lowest BCUT2D eigenvalue weighted by molar-refractivity contribution is -0.139. The molecule has 1 atom stereocenters. The number of rotatable bonds is 5. The fraction of sp³-hybridized carbons (Fsp3) is 0.174. The van der Waals surface area contributed by atoms with Crippen LogP contribution in [-0.4, -0.2) is 52.3 Å². The highest BCUT2D eigenvalue weighted by atomic mass is 16.5. The van der Waals surface area contributed by atoms with Gasteiger partial charge in [-0.3, -0.25) is 9.89 Å². The van der Waals surface area contributed by atoms with Gasteiger partial charge in [0.25, 0.3) is 5.91 Å². The van der Waals surface area contributed by atoms with Crippen molar-refractivity contribution >= 4 is 16.9 Å². The highest BCUT2D eigenvalue weighted by molar-refractivity contribution is 5.94. The molecule has 4 aromatic rings. The fourth-order valence-electron chi connectivity index (χ4n) is 3.44.